The predicted molar refractivity (Wildman–Crippen MR) is 107 cm³/mol. The Morgan fingerprint density at radius 3 is 2.42 bits per heavy atom. The van der Waals surface area contributed by atoms with Crippen molar-refractivity contribution in [3.8, 4) is 22.8 Å². The van der Waals surface area contributed by atoms with Gasteiger partial charge in [0.1, 0.15) is 22.5 Å². The molecular formula is C19H19Cl2N3O2. The number of nitrogens with zero attached hydrogens (tertiary/aromatic N) is 2. The van der Waals surface area contributed by atoms with Crippen LogP contribution in [0.25, 0.3) is 22.0 Å². The average Bonchev–Trinajstić information content (AvgIpc) is 2.66. The first-order chi connectivity index (χ1) is 12.5. The van der Waals surface area contributed by atoms with Gasteiger partial charge in [-0.1, -0.05) is 30.1 Å². The molecule has 1 aromatic carbocycles. The molecule has 0 radical (unpaired) electrons. The maximum absolute atomic E-state index is 6.65. The Balaban J connectivity index is 2.37. The van der Waals surface area contributed by atoms with Gasteiger partial charge in [-0.2, -0.15) is 0 Å². The Morgan fingerprint density at radius 2 is 1.81 bits per heavy atom. The van der Waals surface area contributed by atoms with Crippen LogP contribution >= 0.6 is 23.2 Å². The molecule has 136 valence electrons. The zero-order valence-corrected chi connectivity index (χ0v) is 16.5. The molecule has 1 N–H and O–H groups in total. The Hall–Kier alpha value is -2.24. The minimum Gasteiger partial charge on any atom is -0.496 e. The molecule has 0 unspecified atom stereocenters. The van der Waals surface area contributed by atoms with Crippen molar-refractivity contribution in [3.63, 3.8) is 0 Å². The van der Waals surface area contributed by atoms with Crippen molar-refractivity contribution in [3.05, 3.63) is 40.1 Å². The summed E-state index contributed by atoms with van der Waals surface area (Å²) >= 11 is 12.7. The van der Waals surface area contributed by atoms with E-state index in [4.69, 9.17) is 37.7 Å². The largest absolute Gasteiger partial charge is 0.496 e. The van der Waals surface area contributed by atoms with Gasteiger partial charge < -0.3 is 14.8 Å². The number of benzene rings is 1. The molecule has 26 heavy (non-hydrogen) atoms. The van der Waals surface area contributed by atoms with Gasteiger partial charge in [0.15, 0.2) is 0 Å². The normalized spacial score (nSPS) is 10.8. The molecule has 0 aliphatic heterocycles. The third kappa shape index (κ3) is 3.13. The summed E-state index contributed by atoms with van der Waals surface area (Å²) in [5.74, 6) is 1.95. The minimum absolute atomic E-state index is 0.416. The first kappa shape index (κ1) is 18.5. The molecular weight excluding hydrogens is 373 g/mol. The number of aromatic nitrogens is 2. The topological polar surface area (TPSA) is 56.3 Å². The maximum atomic E-state index is 6.65. The van der Waals surface area contributed by atoms with E-state index >= 15 is 0 Å². The highest BCUT2D eigenvalue weighted by Gasteiger charge is 2.21. The monoisotopic (exact) mass is 391 g/mol. The second-order valence-electron chi connectivity index (χ2n) is 5.64. The van der Waals surface area contributed by atoms with Crippen LogP contribution < -0.4 is 14.8 Å². The van der Waals surface area contributed by atoms with Gasteiger partial charge in [-0.3, -0.25) is 0 Å². The first-order valence-electron chi connectivity index (χ1n) is 8.11. The summed E-state index contributed by atoms with van der Waals surface area (Å²) in [6, 6.07) is 5.53. The molecule has 5 nitrogen and oxygen atoms in total. The number of hydrogen-bond acceptors (Lipinski definition) is 5. The van der Waals surface area contributed by atoms with E-state index in [0.717, 1.165) is 28.3 Å². The van der Waals surface area contributed by atoms with E-state index < -0.39 is 0 Å². The highest BCUT2D eigenvalue weighted by molar-refractivity contribution is 6.35. The Kier molecular flexibility index (Phi) is 5.39. The fourth-order valence-corrected chi connectivity index (χ4v) is 3.54. The molecule has 0 fully saturated rings. The van der Waals surface area contributed by atoms with E-state index in [9.17, 15) is 0 Å². The molecule has 0 aliphatic carbocycles. The summed E-state index contributed by atoms with van der Waals surface area (Å²) in [4.78, 5) is 8.94. The van der Waals surface area contributed by atoms with Crippen molar-refractivity contribution in [2.45, 2.75) is 13.3 Å². The molecule has 0 spiro atoms. The molecule has 2 heterocycles. The lowest BCUT2D eigenvalue weighted by Crippen LogP contribution is -2.01. The average molecular weight is 392 g/mol. The van der Waals surface area contributed by atoms with Crippen LogP contribution in [-0.2, 0) is 6.42 Å². The number of fused-ring (bicyclic) bond motifs is 1. The van der Waals surface area contributed by atoms with Crippen LogP contribution in [0.15, 0.2) is 24.4 Å². The van der Waals surface area contributed by atoms with Gasteiger partial charge in [0.2, 0.25) is 0 Å². The zero-order valence-electron chi connectivity index (χ0n) is 15.0. The quantitative estimate of drug-likeness (QED) is 0.603. The number of nitrogens with one attached hydrogen (secondary N) is 1. The molecule has 0 atom stereocenters. The number of rotatable bonds is 5. The van der Waals surface area contributed by atoms with Crippen molar-refractivity contribution in [2.75, 3.05) is 26.6 Å². The predicted octanol–water partition coefficient (Wildman–Crippen LogP) is 5.22. The number of ether oxygens (including phenoxy) is 2. The summed E-state index contributed by atoms with van der Waals surface area (Å²) in [7, 11) is 5.02. The van der Waals surface area contributed by atoms with Crippen LogP contribution in [0.4, 0.5) is 5.82 Å². The number of pyridine rings is 2. The highest BCUT2D eigenvalue weighted by Crippen LogP contribution is 2.44. The minimum atomic E-state index is 0.416. The molecule has 0 amide bonds. The molecule has 2 aromatic heterocycles. The highest BCUT2D eigenvalue weighted by atomic mass is 35.5. The smallest absolute Gasteiger partial charge is 0.141 e. The van der Waals surface area contributed by atoms with Gasteiger partial charge in [0, 0.05) is 41.2 Å². The summed E-state index contributed by atoms with van der Waals surface area (Å²) in [6.45, 7) is 2.05. The Bertz CT molecular complexity index is 977. The SMILES string of the molecule is CCc1c(OC)cc(OC)c(Cl)c1-c1cc2cnc(Cl)cc2c(NC)n1. The summed E-state index contributed by atoms with van der Waals surface area (Å²) in [5.41, 5.74) is 2.47. The second-order valence-corrected chi connectivity index (χ2v) is 6.40. The van der Waals surface area contributed by atoms with Crippen molar-refractivity contribution in [1.29, 1.82) is 0 Å². The molecule has 0 aliphatic rings. The molecule has 7 heteroatoms. The van der Waals surface area contributed by atoms with Crippen molar-refractivity contribution in [2.24, 2.45) is 0 Å². The molecule has 3 aromatic rings. The summed E-state index contributed by atoms with van der Waals surface area (Å²) in [6.07, 6.45) is 2.45. The van der Waals surface area contributed by atoms with Crippen LogP contribution in [0.3, 0.4) is 0 Å². The second kappa shape index (κ2) is 7.56. The van der Waals surface area contributed by atoms with E-state index in [-0.39, 0.29) is 0 Å². The van der Waals surface area contributed by atoms with Crippen LogP contribution in [0.1, 0.15) is 12.5 Å². The van der Waals surface area contributed by atoms with Crippen molar-refractivity contribution < 1.29 is 9.47 Å². The zero-order chi connectivity index (χ0) is 18.8. The number of methoxy groups -OCH3 is 2. The molecule has 3 rings (SSSR count). The van der Waals surface area contributed by atoms with Gasteiger partial charge in [0.25, 0.3) is 0 Å². The fourth-order valence-electron chi connectivity index (χ4n) is 3.04. The summed E-state index contributed by atoms with van der Waals surface area (Å²) in [5, 5.41) is 5.83. The standard InChI is InChI=1S/C19H19Cl2N3O2/c1-5-11-14(25-3)8-15(26-4)18(21)17(11)13-6-10-9-23-16(20)7-12(10)19(22-2)24-13/h6-9H,5H2,1-4H3,(H,22,24). The fraction of sp³-hybridized carbons (Fsp3) is 0.263. The molecule has 0 saturated carbocycles. The van der Waals surface area contributed by atoms with Crippen molar-refractivity contribution in [1.82, 2.24) is 9.97 Å². The van der Waals surface area contributed by atoms with Crippen molar-refractivity contribution >= 4 is 39.8 Å². The van der Waals surface area contributed by atoms with Crippen LogP contribution in [0, 0.1) is 0 Å². The Morgan fingerprint density at radius 1 is 1.08 bits per heavy atom. The van der Waals surface area contributed by atoms with Crippen LogP contribution in [-0.4, -0.2) is 31.2 Å². The summed E-state index contributed by atoms with van der Waals surface area (Å²) < 4.78 is 11.0. The van der Waals surface area contributed by atoms with Gasteiger partial charge in [-0.05, 0) is 18.6 Å². The van der Waals surface area contributed by atoms with E-state index in [1.807, 2.05) is 20.0 Å². The lowest BCUT2D eigenvalue weighted by molar-refractivity contribution is 0.392. The van der Waals surface area contributed by atoms with Gasteiger partial charge in [-0.25, -0.2) is 9.97 Å². The third-order valence-corrected chi connectivity index (χ3v) is 4.85. The maximum Gasteiger partial charge on any atom is 0.141 e. The van der Waals surface area contributed by atoms with Crippen LogP contribution in [0.5, 0.6) is 11.5 Å². The lowest BCUT2D eigenvalue weighted by Gasteiger charge is -2.18. The van der Waals surface area contributed by atoms with E-state index in [2.05, 4.69) is 10.3 Å². The van der Waals surface area contributed by atoms with E-state index in [0.29, 0.717) is 33.2 Å². The number of anilines is 1. The van der Waals surface area contributed by atoms with Gasteiger partial charge >= 0.3 is 0 Å². The number of halogens is 2. The van der Waals surface area contributed by atoms with Crippen LogP contribution in [0.2, 0.25) is 10.2 Å². The molecule has 0 bridgehead atoms. The molecule has 0 saturated heterocycles. The Labute approximate surface area is 162 Å². The van der Waals surface area contributed by atoms with Gasteiger partial charge in [-0.15, -0.1) is 0 Å². The first-order valence-corrected chi connectivity index (χ1v) is 8.87. The van der Waals surface area contributed by atoms with E-state index in [1.54, 1.807) is 32.5 Å². The number of hydrogen-bond donors (Lipinski definition) is 1. The van der Waals surface area contributed by atoms with Gasteiger partial charge in [0.05, 0.1) is 24.9 Å². The van der Waals surface area contributed by atoms with E-state index in [1.165, 1.54) is 0 Å². The third-order valence-electron chi connectivity index (χ3n) is 4.26. The lowest BCUT2D eigenvalue weighted by atomic mass is 9.98.